The molecule has 4 nitrogen and oxygen atoms in total. The summed E-state index contributed by atoms with van der Waals surface area (Å²) in [6.07, 6.45) is 3.80. The Kier molecular flexibility index (Phi) is 6.23. The van der Waals surface area contributed by atoms with E-state index in [-0.39, 0.29) is 5.56 Å². The van der Waals surface area contributed by atoms with Crippen LogP contribution in [0.1, 0.15) is 40.7 Å². The van der Waals surface area contributed by atoms with E-state index in [9.17, 15) is 9.18 Å². The normalized spacial score (nSPS) is 14.8. The molecule has 1 N–H and O–H groups in total. The fraction of sp³-hybridized carbons (Fsp3) is 0.381. The molecule has 0 aromatic heterocycles. The Morgan fingerprint density at radius 1 is 1.12 bits per heavy atom. The minimum absolute atomic E-state index is 0.0271. The van der Waals surface area contributed by atoms with Gasteiger partial charge in [0.15, 0.2) is 0 Å². The van der Waals surface area contributed by atoms with Crippen molar-refractivity contribution in [3.63, 3.8) is 0 Å². The zero-order valence-corrected chi connectivity index (χ0v) is 15.1. The summed E-state index contributed by atoms with van der Waals surface area (Å²) in [5, 5.41) is 2.83. The van der Waals surface area contributed by atoms with Gasteiger partial charge in [-0.3, -0.25) is 9.69 Å². The molecule has 0 spiro atoms. The van der Waals surface area contributed by atoms with Gasteiger partial charge in [-0.1, -0.05) is 30.7 Å². The summed E-state index contributed by atoms with van der Waals surface area (Å²) < 4.78 is 19.0. The highest BCUT2D eigenvalue weighted by Crippen LogP contribution is 2.18. The van der Waals surface area contributed by atoms with Crippen molar-refractivity contribution in [1.82, 2.24) is 10.2 Å². The lowest BCUT2D eigenvalue weighted by Gasteiger charge is -2.27. The van der Waals surface area contributed by atoms with E-state index in [4.69, 9.17) is 4.74 Å². The van der Waals surface area contributed by atoms with Gasteiger partial charge < -0.3 is 10.1 Å². The van der Waals surface area contributed by atoms with Crippen molar-refractivity contribution in [3.05, 3.63) is 65.0 Å². The predicted molar refractivity (Wildman–Crippen MR) is 99.7 cm³/mol. The predicted octanol–water partition coefficient (Wildman–Crippen LogP) is 3.75. The second-order valence-electron chi connectivity index (χ2n) is 6.63. The lowest BCUT2D eigenvalue weighted by Crippen LogP contribution is -2.30. The standard InChI is InChI=1S/C21H25FN2O2/c1-26-18-9-10-19(20(22)13-18)21(25)23-14-16-7-3-4-8-17(16)15-24-11-5-2-6-12-24/h3-4,7-10,13H,2,5-6,11-12,14-15H2,1H3,(H,23,25). The van der Waals surface area contributed by atoms with E-state index in [2.05, 4.69) is 16.3 Å². The number of ether oxygens (including phenoxy) is 1. The van der Waals surface area contributed by atoms with E-state index in [1.807, 2.05) is 18.2 Å². The average Bonchev–Trinajstić information content (AvgIpc) is 2.67. The fourth-order valence-electron chi connectivity index (χ4n) is 3.32. The van der Waals surface area contributed by atoms with Gasteiger partial charge in [0.25, 0.3) is 5.91 Å². The maximum atomic E-state index is 14.1. The fourth-order valence-corrected chi connectivity index (χ4v) is 3.32. The Morgan fingerprint density at radius 2 is 1.85 bits per heavy atom. The Hall–Kier alpha value is -2.40. The zero-order chi connectivity index (χ0) is 18.4. The van der Waals surface area contributed by atoms with Gasteiger partial charge in [-0.05, 0) is 49.2 Å². The number of piperidine rings is 1. The van der Waals surface area contributed by atoms with Crippen molar-refractivity contribution < 1.29 is 13.9 Å². The number of carbonyl (C=O) groups excluding carboxylic acids is 1. The molecular formula is C21H25FN2O2. The van der Waals surface area contributed by atoms with Crippen molar-refractivity contribution in [2.75, 3.05) is 20.2 Å². The molecule has 1 saturated heterocycles. The summed E-state index contributed by atoms with van der Waals surface area (Å²) >= 11 is 0. The number of benzene rings is 2. The molecule has 1 aliphatic heterocycles. The van der Waals surface area contributed by atoms with Gasteiger partial charge in [-0.2, -0.15) is 0 Å². The van der Waals surface area contributed by atoms with Crippen LogP contribution >= 0.6 is 0 Å². The second kappa shape index (κ2) is 8.81. The van der Waals surface area contributed by atoms with Crippen LogP contribution in [0.15, 0.2) is 42.5 Å². The monoisotopic (exact) mass is 356 g/mol. The van der Waals surface area contributed by atoms with Crippen molar-refractivity contribution >= 4 is 5.91 Å². The molecule has 0 saturated carbocycles. The van der Waals surface area contributed by atoms with Crippen molar-refractivity contribution in [3.8, 4) is 5.75 Å². The van der Waals surface area contributed by atoms with E-state index in [0.717, 1.165) is 25.2 Å². The molecular weight excluding hydrogens is 331 g/mol. The van der Waals surface area contributed by atoms with E-state index in [0.29, 0.717) is 12.3 Å². The number of rotatable bonds is 6. The average molecular weight is 356 g/mol. The molecule has 0 bridgehead atoms. The molecule has 1 amide bonds. The summed E-state index contributed by atoms with van der Waals surface area (Å²) in [6.45, 7) is 3.52. The molecule has 0 unspecified atom stereocenters. The van der Waals surface area contributed by atoms with Crippen molar-refractivity contribution in [1.29, 1.82) is 0 Å². The molecule has 2 aromatic rings. The maximum Gasteiger partial charge on any atom is 0.254 e. The number of likely N-dealkylation sites (tertiary alicyclic amines) is 1. The first-order valence-electron chi connectivity index (χ1n) is 9.08. The number of hydrogen-bond acceptors (Lipinski definition) is 3. The van der Waals surface area contributed by atoms with Crippen LogP contribution in [-0.4, -0.2) is 31.0 Å². The van der Waals surface area contributed by atoms with Crippen molar-refractivity contribution in [2.45, 2.75) is 32.4 Å². The van der Waals surface area contributed by atoms with Crippen LogP contribution in [-0.2, 0) is 13.1 Å². The highest BCUT2D eigenvalue weighted by atomic mass is 19.1. The molecule has 0 aliphatic carbocycles. The molecule has 0 radical (unpaired) electrons. The van der Waals surface area contributed by atoms with Crippen LogP contribution in [0.3, 0.4) is 0 Å². The molecule has 3 rings (SSSR count). The van der Waals surface area contributed by atoms with Crippen LogP contribution in [0.2, 0.25) is 0 Å². The van der Waals surface area contributed by atoms with Gasteiger partial charge in [0.2, 0.25) is 0 Å². The molecule has 1 aliphatic rings. The first kappa shape index (κ1) is 18.4. The molecule has 138 valence electrons. The Labute approximate surface area is 154 Å². The number of halogens is 1. The van der Waals surface area contributed by atoms with Gasteiger partial charge in [0, 0.05) is 19.2 Å². The van der Waals surface area contributed by atoms with Gasteiger partial charge >= 0.3 is 0 Å². The van der Waals surface area contributed by atoms with E-state index in [1.54, 1.807) is 6.07 Å². The summed E-state index contributed by atoms with van der Waals surface area (Å²) in [6, 6.07) is 12.4. The van der Waals surface area contributed by atoms with Gasteiger partial charge in [-0.15, -0.1) is 0 Å². The minimum atomic E-state index is -0.580. The van der Waals surface area contributed by atoms with Crippen LogP contribution in [0.4, 0.5) is 4.39 Å². The molecule has 0 atom stereocenters. The summed E-state index contributed by atoms with van der Waals surface area (Å²) in [7, 11) is 1.47. The summed E-state index contributed by atoms with van der Waals surface area (Å²) in [4.78, 5) is 14.8. The topological polar surface area (TPSA) is 41.6 Å². The molecule has 5 heteroatoms. The minimum Gasteiger partial charge on any atom is -0.497 e. The highest BCUT2D eigenvalue weighted by Gasteiger charge is 2.15. The maximum absolute atomic E-state index is 14.1. The SMILES string of the molecule is COc1ccc(C(=O)NCc2ccccc2CN2CCCCC2)c(F)c1. The second-order valence-corrected chi connectivity index (χ2v) is 6.63. The van der Waals surface area contributed by atoms with E-state index < -0.39 is 11.7 Å². The Bertz CT molecular complexity index is 757. The number of carbonyl (C=O) groups is 1. The van der Waals surface area contributed by atoms with Gasteiger partial charge in [-0.25, -0.2) is 4.39 Å². The highest BCUT2D eigenvalue weighted by molar-refractivity contribution is 5.94. The number of nitrogens with zero attached hydrogens (tertiary/aromatic N) is 1. The van der Waals surface area contributed by atoms with Crippen LogP contribution in [0.25, 0.3) is 0 Å². The molecule has 1 heterocycles. The van der Waals surface area contributed by atoms with Crippen LogP contribution in [0, 0.1) is 5.82 Å². The first-order chi connectivity index (χ1) is 12.7. The Balaban J connectivity index is 1.65. The molecule has 2 aromatic carbocycles. The van der Waals surface area contributed by atoms with E-state index >= 15 is 0 Å². The number of amides is 1. The third-order valence-electron chi connectivity index (χ3n) is 4.82. The van der Waals surface area contributed by atoms with Gasteiger partial charge in [0.1, 0.15) is 11.6 Å². The molecule has 26 heavy (non-hydrogen) atoms. The lowest BCUT2D eigenvalue weighted by molar-refractivity contribution is 0.0946. The first-order valence-corrected chi connectivity index (χ1v) is 9.08. The third kappa shape index (κ3) is 4.61. The zero-order valence-electron chi connectivity index (χ0n) is 15.1. The largest absolute Gasteiger partial charge is 0.497 e. The quantitative estimate of drug-likeness (QED) is 0.857. The summed E-state index contributed by atoms with van der Waals surface area (Å²) in [5.74, 6) is -0.604. The van der Waals surface area contributed by atoms with E-state index in [1.165, 1.54) is 44.1 Å². The number of methoxy groups -OCH3 is 1. The number of nitrogens with one attached hydrogen (secondary N) is 1. The van der Waals surface area contributed by atoms with Crippen LogP contribution < -0.4 is 10.1 Å². The molecule has 1 fully saturated rings. The number of hydrogen-bond donors (Lipinski definition) is 1. The van der Waals surface area contributed by atoms with Crippen molar-refractivity contribution in [2.24, 2.45) is 0 Å². The third-order valence-corrected chi connectivity index (χ3v) is 4.82. The lowest BCUT2D eigenvalue weighted by atomic mass is 10.0. The van der Waals surface area contributed by atoms with Crippen LogP contribution in [0.5, 0.6) is 5.75 Å². The smallest absolute Gasteiger partial charge is 0.254 e. The Morgan fingerprint density at radius 3 is 2.54 bits per heavy atom. The van der Waals surface area contributed by atoms with Gasteiger partial charge in [0.05, 0.1) is 12.7 Å². The summed E-state index contributed by atoms with van der Waals surface area (Å²) in [5.41, 5.74) is 2.31.